The molecule has 2 heterocycles. The van der Waals surface area contributed by atoms with Crippen LogP contribution in [0.2, 0.25) is 0 Å². The molecular weight excluding hydrogens is 713 g/mol. The third kappa shape index (κ3) is 5.62. The Kier molecular flexibility index (Phi) is 8.58. The number of benzene rings is 8. The van der Waals surface area contributed by atoms with Crippen molar-refractivity contribution in [2.45, 2.75) is 45.4 Å². The van der Waals surface area contributed by atoms with Gasteiger partial charge < -0.3 is 9.80 Å². The molecule has 2 nitrogen and oxygen atoms in total. The number of hydrogen-bond acceptors (Lipinski definition) is 2. The molecule has 0 fully saturated rings. The Bertz CT molecular complexity index is 2950. The van der Waals surface area contributed by atoms with E-state index in [2.05, 4.69) is 239 Å². The van der Waals surface area contributed by atoms with Crippen LogP contribution in [0.4, 0.5) is 28.4 Å². The van der Waals surface area contributed by atoms with Gasteiger partial charge in [-0.15, -0.1) is 0 Å². The topological polar surface area (TPSA) is 6.48 Å². The van der Waals surface area contributed by atoms with Crippen LogP contribution in [-0.2, 0) is 10.8 Å². The van der Waals surface area contributed by atoms with Crippen molar-refractivity contribution >= 4 is 55.6 Å². The van der Waals surface area contributed by atoms with Gasteiger partial charge in [0.05, 0.1) is 17.1 Å². The van der Waals surface area contributed by atoms with Crippen molar-refractivity contribution in [2.24, 2.45) is 0 Å². The zero-order valence-electron chi connectivity index (χ0n) is 34.5. The van der Waals surface area contributed by atoms with Gasteiger partial charge in [-0.05, 0) is 122 Å². The van der Waals surface area contributed by atoms with Crippen molar-refractivity contribution in [1.29, 1.82) is 0 Å². The highest BCUT2D eigenvalue weighted by atomic mass is 15.2. The lowest BCUT2D eigenvalue weighted by molar-refractivity contribution is 0.609. The van der Waals surface area contributed by atoms with E-state index in [1.807, 2.05) is 0 Å². The van der Waals surface area contributed by atoms with E-state index < -0.39 is 5.41 Å². The summed E-state index contributed by atoms with van der Waals surface area (Å²) in [6, 6.07) is 64.2. The third-order valence-electron chi connectivity index (χ3n) is 12.9. The molecule has 2 heteroatoms. The molecule has 0 amide bonds. The average Bonchev–Trinajstić information content (AvgIpc) is 3.27. The van der Waals surface area contributed by atoms with E-state index in [-0.39, 0.29) is 5.41 Å². The Balaban J connectivity index is 1.25. The second-order valence-electron chi connectivity index (χ2n) is 17.0. The van der Waals surface area contributed by atoms with Crippen LogP contribution in [0, 0.1) is 0 Å². The van der Waals surface area contributed by atoms with E-state index in [4.69, 9.17) is 0 Å². The van der Waals surface area contributed by atoms with Crippen molar-refractivity contribution in [2.75, 3.05) is 9.80 Å². The summed E-state index contributed by atoms with van der Waals surface area (Å²) in [7, 11) is 0. The molecule has 2 aliphatic heterocycles. The molecule has 0 aliphatic carbocycles. The first-order valence-electron chi connectivity index (χ1n) is 20.7. The van der Waals surface area contributed by atoms with Crippen molar-refractivity contribution in [3.8, 4) is 11.1 Å². The van der Waals surface area contributed by atoms with Gasteiger partial charge in [-0.3, -0.25) is 0 Å². The van der Waals surface area contributed by atoms with Crippen LogP contribution in [0.25, 0.3) is 38.2 Å². The Morgan fingerprint density at radius 3 is 1.51 bits per heavy atom. The van der Waals surface area contributed by atoms with Crippen molar-refractivity contribution in [3.05, 3.63) is 228 Å². The summed E-state index contributed by atoms with van der Waals surface area (Å²) in [5.41, 5.74) is 16.4. The molecule has 0 aromatic heterocycles. The van der Waals surface area contributed by atoms with E-state index in [1.165, 1.54) is 83.1 Å². The maximum Gasteiger partial charge on any atom is 0.0507 e. The Hall–Kier alpha value is -6.90. The molecule has 286 valence electrons. The number of allylic oxidation sites excluding steroid dienone is 4. The van der Waals surface area contributed by atoms with Crippen LogP contribution in [0.3, 0.4) is 0 Å². The minimum atomic E-state index is -0.403. The fourth-order valence-electron chi connectivity index (χ4n) is 10.1. The first kappa shape index (κ1) is 36.4. The Morgan fingerprint density at radius 1 is 0.475 bits per heavy atom. The number of anilines is 5. The predicted octanol–water partition coefficient (Wildman–Crippen LogP) is 15.7. The first-order valence-corrected chi connectivity index (χ1v) is 20.7. The number of hydrogen-bond donors (Lipinski definition) is 0. The van der Waals surface area contributed by atoms with Crippen molar-refractivity contribution < 1.29 is 0 Å². The van der Waals surface area contributed by atoms with Crippen molar-refractivity contribution in [3.63, 3.8) is 0 Å². The summed E-state index contributed by atoms with van der Waals surface area (Å²) >= 11 is 0. The molecule has 8 aromatic rings. The van der Waals surface area contributed by atoms with Crippen LogP contribution in [0.1, 0.15) is 56.9 Å². The molecule has 0 spiro atoms. The normalized spacial score (nSPS) is 15.5. The summed E-state index contributed by atoms with van der Waals surface area (Å²) in [5, 5.41) is 5.02. The fraction of sp³-hybridized carbons (Fsp3) is 0.123. The quantitative estimate of drug-likeness (QED) is 0.156. The van der Waals surface area contributed by atoms with E-state index in [0.717, 1.165) is 17.1 Å². The smallest absolute Gasteiger partial charge is 0.0507 e. The lowest BCUT2D eigenvalue weighted by Crippen LogP contribution is -2.36. The SMILES string of the molecule is C=CC1=C(/C=C(\C)c2c3ccccc3c(-c3ccccc3)c3ccccc23)C(C)(C)c2cc3c(cc2N1c1ccccc1)C(C)(C)c1ccccc1N3c1ccccc1. The minimum Gasteiger partial charge on any atom is -0.310 e. The third-order valence-corrected chi connectivity index (χ3v) is 12.9. The summed E-state index contributed by atoms with van der Waals surface area (Å²) in [5.74, 6) is 0. The molecule has 2 aliphatic rings. The predicted molar refractivity (Wildman–Crippen MR) is 253 cm³/mol. The average molecular weight is 761 g/mol. The van der Waals surface area contributed by atoms with Crippen LogP contribution < -0.4 is 9.80 Å². The van der Waals surface area contributed by atoms with Crippen LogP contribution in [-0.4, -0.2) is 0 Å². The molecule has 0 atom stereocenters. The first-order chi connectivity index (χ1) is 28.7. The standard InChI is InChI=1S/C57H48N2/c1-7-50-47(35-38(2)54-42-29-17-19-31-44(42)55(39-23-11-8-12-24-39)45-32-20-18-30-43(45)54)57(5,6)49-37-53-48(36-52(49)58(50)40-25-13-9-14-26-40)56(3,4)46-33-21-22-34-51(46)59(53)41-27-15-10-16-28-41/h7-37H,1H2,2-6H3/b38-35+. The van der Waals surface area contributed by atoms with Gasteiger partial charge in [0.25, 0.3) is 0 Å². The highest BCUT2D eigenvalue weighted by Gasteiger charge is 2.43. The Labute approximate surface area is 348 Å². The lowest BCUT2D eigenvalue weighted by atomic mass is 9.68. The maximum absolute atomic E-state index is 4.53. The molecule has 8 aromatic carbocycles. The Morgan fingerprint density at radius 2 is 0.932 bits per heavy atom. The second kappa shape index (κ2) is 13.9. The molecule has 0 bridgehead atoms. The van der Waals surface area contributed by atoms with Gasteiger partial charge in [-0.2, -0.15) is 0 Å². The summed E-state index contributed by atoms with van der Waals surface area (Å²) in [4.78, 5) is 4.92. The van der Waals surface area contributed by atoms with Crippen LogP contribution in [0.15, 0.2) is 206 Å². The highest BCUT2D eigenvalue weighted by molar-refractivity contribution is 6.18. The molecule has 0 saturated carbocycles. The zero-order chi connectivity index (χ0) is 40.5. The van der Waals surface area contributed by atoms with Crippen LogP contribution in [0.5, 0.6) is 0 Å². The molecule has 0 unspecified atom stereocenters. The van der Waals surface area contributed by atoms with Gasteiger partial charge in [-0.1, -0.05) is 174 Å². The van der Waals surface area contributed by atoms with Gasteiger partial charge in [0.2, 0.25) is 0 Å². The molecule has 59 heavy (non-hydrogen) atoms. The molecule has 0 saturated heterocycles. The molecular formula is C57H48N2. The van der Waals surface area contributed by atoms with Crippen LogP contribution >= 0.6 is 0 Å². The van der Waals surface area contributed by atoms with Gasteiger partial charge in [0.1, 0.15) is 0 Å². The minimum absolute atomic E-state index is 0.248. The van der Waals surface area contributed by atoms with E-state index in [1.54, 1.807) is 0 Å². The van der Waals surface area contributed by atoms with Gasteiger partial charge >= 0.3 is 0 Å². The van der Waals surface area contributed by atoms with Gasteiger partial charge in [-0.25, -0.2) is 0 Å². The maximum atomic E-state index is 4.53. The largest absolute Gasteiger partial charge is 0.310 e. The summed E-state index contributed by atoms with van der Waals surface area (Å²) < 4.78 is 0. The lowest BCUT2D eigenvalue weighted by Gasteiger charge is -2.47. The monoisotopic (exact) mass is 760 g/mol. The molecule has 10 rings (SSSR count). The highest BCUT2D eigenvalue weighted by Crippen LogP contribution is 2.58. The van der Waals surface area contributed by atoms with Crippen molar-refractivity contribution in [1.82, 2.24) is 0 Å². The number of para-hydroxylation sites is 3. The summed E-state index contributed by atoms with van der Waals surface area (Å²) in [6.07, 6.45) is 4.53. The van der Waals surface area contributed by atoms with E-state index in [0.29, 0.717) is 0 Å². The van der Waals surface area contributed by atoms with Gasteiger partial charge in [0, 0.05) is 27.9 Å². The zero-order valence-corrected chi connectivity index (χ0v) is 34.5. The van der Waals surface area contributed by atoms with E-state index in [9.17, 15) is 0 Å². The molecule has 0 radical (unpaired) electrons. The summed E-state index contributed by atoms with van der Waals surface area (Å²) in [6.45, 7) is 16.4. The molecule has 0 N–H and O–H groups in total. The fourth-order valence-corrected chi connectivity index (χ4v) is 10.1. The number of fused-ring (bicyclic) bond motifs is 5. The van der Waals surface area contributed by atoms with Gasteiger partial charge in [0.15, 0.2) is 0 Å². The second-order valence-corrected chi connectivity index (χ2v) is 17.0. The van der Waals surface area contributed by atoms with E-state index >= 15 is 0 Å². The number of rotatable bonds is 6. The number of nitrogens with zero attached hydrogens (tertiary/aromatic N) is 2.